The van der Waals surface area contributed by atoms with Crippen LogP contribution >= 0.6 is 11.6 Å². The van der Waals surface area contributed by atoms with Gasteiger partial charge in [-0.1, -0.05) is 17.7 Å². The molecule has 2 aromatic heterocycles. The van der Waals surface area contributed by atoms with E-state index in [1.54, 1.807) is 30.5 Å². The van der Waals surface area contributed by atoms with Crippen LogP contribution in [0.25, 0.3) is 11.0 Å². The maximum atomic E-state index is 12.3. The lowest BCUT2D eigenvalue weighted by Crippen LogP contribution is -2.28. The van der Waals surface area contributed by atoms with Crippen molar-refractivity contribution in [3.8, 4) is 0 Å². The number of benzene rings is 1. The van der Waals surface area contributed by atoms with Crippen molar-refractivity contribution in [1.29, 1.82) is 0 Å². The van der Waals surface area contributed by atoms with Crippen molar-refractivity contribution in [2.45, 2.75) is 13.5 Å². The van der Waals surface area contributed by atoms with Gasteiger partial charge in [0, 0.05) is 6.20 Å². The van der Waals surface area contributed by atoms with Crippen LogP contribution in [0.4, 0.5) is 5.69 Å². The highest BCUT2D eigenvalue weighted by Crippen LogP contribution is 2.22. The maximum Gasteiger partial charge on any atom is 0.263 e. The number of carbonyl (C=O) groups excluding carboxylic acids is 1. The number of fused-ring (bicyclic) bond motifs is 1. The standard InChI is InChI=1S/C16H13ClN4O2/c1-10-4-5-13(12(17)7-10)20-14(22)8-21-9-19-15-11(16(21)23)3-2-6-18-15/h2-7,9H,8H2,1H3,(H,20,22). The molecule has 0 unspecified atom stereocenters. The Kier molecular flexibility index (Phi) is 4.08. The number of pyridine rings is 1. The van der Waals surface area contributed by atoms with Crippen molar-refractivity contribution in [1.82, 2.24) is 14.5 Å². The molecule has 23 heavy (non-hydrogen) atoms. The third kappa shape index (κ3) is 3.22. The van der Waals surface area contributed by atoms with Gasteiger partial charge < -0.3 is 5.32 Å². The van der Waals surface area contributed by atoms with Crippen LogP contribution in [0.2, 0.25) is 5.02 Å². The number of anilines is 1. The Morgan fingerprint density at radius 3 is 2.91 bits per heavy atom. The second-order valence-electron chi connectivity index (χ2n) is 5.08. The first kappa shape index (κ1) is 15.2. The van der Waals surface area contributed by atoms with Crippen molar-refractivity contribution in [3.05, 3.63) is 63.8 Å². The molecular formula is C16H13ClN4O2. The van der Waals surface area contributed by atoms with E-state index in [-0.39, 0.29) is 18.0 Å². The molecule has 0 aliphatic rings. The van der Waals surface area contributed by atoms with Gasteiger partial charge in [-0.3, -0.25) is 14.2 Å². The molecule has 0 aliphatic heterocycles. The predicted molar refractivity (Wildman–Crippen MR) is 88.6 cm³/mol. The molecule has 0 spiro atoms. The summed E-state index contributed by atoms with van der Waals surface area (Å²) >= 11 is 6.08. The second-order valence-corrected chi connectivity index (χ2v) is 5.49. The monoisotopic (exact) mass is 328 g/mol. The summed E-state index contributed by atoms with van der Waals surface area (Å²) in [5.74, 6) is -0.358. The van der Waals surface area contributed by atoms with Gasteiger partial charge in [0.05, 0.1) is 16.1 Å². The van der Waals surface area contributed by atoms with Gasteiger partial charge in [-0.05, 0) is 36.8 Å². The van der Waals surface area contributed by atoms with Crippen LogP contribution in [0.3, 0.4) is 0 Å². The summed E-state index contributed by atoms with van der Waals surface area (Å²) in [6.07, 6.45) is 2.87. The summed E-state index contributed by atoms with van der Waals surface area (Å²) in [4.78, 5) is 32.5. The Hall–Kier alpha value is -2.73. The fourth-order valence-corrected chi connectivity index (χ4v) is 2.46. The lowest BCUT2D eigenvalue weighted by molar-refractivity contribution is -0.116. The van der Waals surface area contributed by atoms with Gasteiger partial charge in [-0.25, -0.2) is 9.97 Å². The zero-order valence-electron chi connectivity index (χ0n) is 12.3. The number of amides is 1. The number of aromatic nitrogens is 3. The van der Waals surface area contributed by atoms with Crippen molar-refractivity contribution in [2.75, 3.05) is 5.32 Å². The number of carbonyl (C=O) groups is 1. The zero-order valence-corrected chi connectivity index (χ0v) is 13.0. The highest BCUT2D eigenvalue weighted by atomic mass is 35.5. The van der Waals surface area contributed by atoms with Crippen LogP contribution in [0.15, 0.2) is 47.7 Å². The van der Waals surface area contributed by atoms with Crippen LogP contribution in [0.1, 0.15) is 5.56 Å². The van der Waals surface area contributed by atoms with E-state index in [4.69, 9.17) is 11.6 Å². The molecule has 0 aliphatic carbocycles. The molecule has 116 valence electrons. The predicted octanol–water partition coefficient (Wildman–Crippen LogP) is 2.39. The Morgan fingerprint density at radius 2 is 2.13 bits per heavy atom. The van der Waals surface area contributed by atoms with Gasteiger partial charge in [0.25, 0.3) is 5.56 Å². The zero-order chi connectivity index (χ0) is 16.4. The maximum absolute atomic E-state index is 12.3. The molecule has 3 rings (SSSR count). The van der Waals surface area contributed by atoms with E-state index >= 15 is 0 Å². The Bertz CT molecular complexity index is 952. The summed E-state index contributed by atoms with van der Waals surface area (Å²) in [5, 5.41) is 3.51. The number of hydrogen-bond acceptors (Lipinski definition) is 4. The van der Waals surface area contributed by atoms with Crippen molar-refractivity contribution < 1.29 is 4.79 Å². The first-order valence-corrected chi connectivity index (χ1v) is 7.28. The molecule has 1 amide bonds. The number of rotatable bonds is 3. The third-order valence-electron chi connectivity index (χ3n) is 3.31. The fraction of sp³-hybridized carbons (Fsp3) is 0.125. The highest BCUT2D eigenvalue weighted by molar-refractivity contribution is 6.33. The van der Waals surface area contributed by atoms with Crippen molar-refractivity contribution in [2.24, 2.45) is 0 Å². The van der Waals surface area contributed by atoms with E-state index in [1.165, 1.54) is 10.9 Å². The fourth-order valence-electron chi connectivity index (χ4n) is 2.18. The summed E-state index contributed by atoms with van der Waals surface area (Å²) < 4.78 is 1.24. The van der Waals surface area contributed by atoms with Crippen LogP contribution in [-0.2, 0) is 11.3 Å². The molecule has 0 atom stereocenters. The normalized spacial score (nSPS) is 10.7. The molecule has 0 saturated carbocycles. The van der Waals surface area contributed by atoms with Gasteiger partial charge in [-0.2, -0.15) is 0 Å². The van der Waals surface area contributed by atoms with E-state index in [2.05, 4.69) is 15.3 Å². The number of hydrogen-bond donors (Lipinski definition) is 1. The highest BCUT2D eigenvalue weighted by Gasteiger charge is 2.10. The molecule has 0 bridgehead atoms. The minimum atomic E-state index is -0.358. The molecule has 2 heterocycles. The average Bonchev–Trinajstić information content (AvgIpc) is 2.53. The van der Waals surface area contributed by atoms with Crippen LogP contribution in [-0.4, -0.2) is 20.4 Å². The Labute approximate surface area is 136 Å². The van der Waals surface area contributed by atoms with Crippen molar-refractivity contribution >= 4 is 34.2 Å². The number of nitrogens with zero attached hydrogens (tertiary/aromatic N) is 3. The van der Waals surface area contributed by atoms with E-state index in [9.17, 15) is 9.59 Å². The van der Waals surface area contributed by atoms with Gasteiger partial charge >= 0.3 is 0 Å². The Morgan fingerprint density at radius 1 is 1.30 bits per heavy atom. The first-order valence-electron chi connectivity index (χ1n) is 6.91. The van der Waals surface area contributed by atoms with Gasteiger partial charge in [0.15, 0.2) is 5.65 Å². The van der Waals surface area contributed by atoms with E-state index < -0.39 is 0 Å². The number of halogens is 1. The van der Waals surface area contributed by atoms with E-state index in [0.717, 1.165) is 5.56 Å². The van der Waals surface area contributed by atoms with Crippen molar-refractivity contribution in [3.63, 3.8) is 0 Å². The number of aryl methyl sites for hydroxylation is 1. The van der Waals surface area contributed by atoms with Gasteiger partial charge in [-0.15, -0.1) is 0 Å². The summed E-state index contributed by atoms with van der Waals surface area (Å²) in [5.41, 5.74) is 1.55. The number of nitrogens with one attached hydrogen (secondary N) is 1. The molecule has 0 radical (unpaired) electrons. The first-order chi connectivity index (χ1) is 11.0. The summed E-state index contributed by atoms with van der Waals surface area (Å²) in [6.45, 7) is 1.76. The molecule has 0 fully saturated rings. The SMILES string of the molecule is Cc1ccc(NC(=O)Cn2cnc3ncccc3c2=O)c(Cl)c1. The molecule has 0 saturated heterocycles. The lowest BCUT2D eigenvalue weighted by Gasteiger charge is -2.09. The molecule has 1 N–H and O–H groups in total. The smallest absolute Gasteiger partial charge is 0.263 e. The van der Waals surface area contributed by atoms with E-state index in [1.807, 2.05) is 13.0 Å². The van der Waals surface area contributed by atoms with Gasteiger partial charge in [0.1, 0.15) is 12.9 Å². The topological polar surface area (TPSA) is 76.9 Å². The molecule has 7 heteroatoms. The third-order valence-corrected chi connectivity index (χ3v) is 3.62. The van der Waals surface area contributed by atoms with E-state index in [0.29, 0.717) is 21.7 Å². The minimum absolute atomic E-state index is 0.152. The largest absolute Gasteiger partial charge is 0.323 e. The average molecular weight is 329 g/mol. The summed E-state index contributed by atoms with van der Waals surface area (Å²) in [6, 6.07) is 8.61. The Balaban J connectivity index is 1.83. The molecule has 3 aromatic rings. The quantitative estimate of drug-likeness (QED) is 0.801. The molecule has 1 aromatic carbocycles. The van der Waals surface area contributed by atoms with Crippen LogP contribution in [0.5, 0.6) is 0 Å². The second kappa shape index (κ2) is 6.18. The molecule has 6 nitrogen and oxygen atoms in total. The lowest BCUT2D eigenvalue weighted by atomic mass is 10.2. The van der Waals surface area contributed by atoms with Crippen LogP contribution in [0, 0.1) is 6.92 Å². The minimum Gasteiger partial charge on any atom is -0.323 e. The molecular weight excluding hydrogens is 316 g/mol. The van der Waals surface area contributed by atoms with Gasteiger partial charge in [0.2, 0.25) is 5.91 Å². The summed E-state index contributed by atoms with van der Waals surface area (Å²) in [7, 11) is 0. The van der Waals surface area contributed by atoms with Crippen LogP contribution < -0.4 is 10.9 Å².